The van der Waals surface area contributed by atoms with Crippen LogP contribution in [0.4, 0.5) is 5.69 Å². The van der Waals surface area contributed by atoms with Gasteiger partial charge in [-0.25, -0.2) is 9.98 Å². The number of amides is 7. The summed E-state index contributed by atoms with van der Waals surface area (Å²) in [5.41, 5.74) is 18.5. The number of anilines is 1. The Morgan fingerprint density at radius 2 is 1.41 bits per heavy atom. The number of fused-ring (bicyclic) bond motifs is 1. The average molecular weight is 1110 g/mol. The number of benzene rings is 2. The average Bonchev–Trinajstić information content (AvgIpc) is 3.98. The predicted octanol–water partition coefficient (Wildman–Crippen LogP) is -1.15. The third-order valence-electron chi connectivity index (χ3n) is 14.0. The molecule has 26 heteroatoms. The van der Waals surface area contributed by atoms with E-state index < -0.39 is 77.9 Å². The van der Waals surface area contributed by atoms with Crippen LogP contribution in [0, 0.1) is 17.2 Å². The zero-order valence-electron chi connectivity index (χ0n) is 46.5. The van der Waals surface area contributed by atoms with Gasteiger partial charge < -0.3 is 69.3 Å². The first kappa shape index (κ1) is 62.8. The first-order valence-electron chi connectivity index (χ1n) is 27.3. The lowest BCUT2D eigenvalue weighted by molar-refractivity contribution is -0.137. The van der Waals surface area contributed by atoms with Crippen LogP contribution in [0.3, 0.4) is 0 Å². The smallest absolute Gasteiger partial charge is 0.261 e. The highest BCUT2D eigenvalue weighted by molar-refractivity contribution is 6.01. The number of amidine groups is 1. The number of hydrogen-bond donors (Lipinski definition) is 12. The minimum absolute atomic E-state index is 0.0146. The monoisotopic (exact) mass is 1110 g/mol. The number of aromatic hydroxyl groups is 1. The van der Waals surface area contributed by atoms with E-state index in [2.05, 4.69) is 52.2 Å². The van der Waals surface area contributed by atoms with Crippen molar-refractivity contribution in [3.8, 4) is 5.75 Å². The number of phenols is 1. The number of piperazine rings is 1. The van der Waals surface area contributed by atoms with Gasteiger partial charge in [-0.1, -0.05) is 46.2 Å². The van der Waals surface area contributed by atoms with Gasteiger partial charge in [0.05, 0.1) is 29.8 Å². The summed E-state index contributed by atoms with van der Waals surface area (Å²) in [5, 5.41) is 36.8. The van der Waals surface area contributed by atoms with Gasteiger partial charge in [0.2, 0.25) is 41.4 Å². The Labute approximate surface area is 465 Å². The Hall–Kier alpha value is -8.00. The first-order valence-corrected chi connectivity index (χ1v) is 27.3. The van der Waals surface area contributed by atoms with Gasteiger partial charge >= 0.3 is 0 Å². The van der Waals surface area contributed by atoms with E-state index in [0.717, 1.165) is 4.57 Å². The summed E-state index contributed by atoms with van der Waals surface area (Å²) < 4.78 is 1.11. The van der Waals surface area contributed by atoms with E-state index in [0.29, 0.717) is 81.6 Å². The molecule has 80 heavy (non-hydrogen) atoms. The van der Waals surface area contributed by atoms with Crippen molar-refractivity contribution in [2.24, 2.45) is 39.0 Å². The number of likely N-dealkylation sites (N-methyl/N-ethyl adjacent to an activating group) is 1. The van der Waals surface area contributed by atoms with Crippen molar-refractivity contribution in [2.45, 2.75) is 128 Å². The molecule has 1 saturated heterocycles. The van der Waals surface area contributed by atoms with Crippen molar-refractivity contribution in [1.82, 2.24) is 51.7 Å². The molecular weight excluding hydrogens is 1030 g/mol. The van der Waals surface area contributed by atoms with Gasteiger partial charge in [0.1, 0.15) is 48.3 Å². The quantitative estimate of drug-likeness (QED) is 0.0213. The van der Waals surface area contributed by atoms with Crippen LogP contribution < -0.4 is 64.9 Å². The lowest BCUT2D eigenvalue weighted by Gasteiger charge is -2.38. The van der Waals surface area contributed by atoms with E-state index in [1.165, 1.54) is 31.7 Å². The Morgan fingerprint density at radius 3 is 2.02 bits per heavy atom. The molecule has 2 aromatic carbocycles. The zero-order chi connectivity index (χ0) is 58.5. The standard InChI is InChI=1S/C54H81N17O9/c1-6-33(4)46(56)51(78)65-40(10-7-8-18-55)53(80)70-24-22-69(23-25-70)35-14-17-38-37(28-35)52(79)71(31-63-38)30-45(73)64-39(11-9-19-62-54(57)58)48(75)68-43(29-44-60-20-21-61-44)50(77)67-42(27-34-12-15-36(72)16-13-34)49(76)66-41(26-32(2)3)47(74)59-5/h12-17,20,28,31-33,39-43,46,72H,6-11,18-19,21-27,29-30,55-56H2,1-5H3,(H,59,74)(H,64,73)(H,65,78)(H,66,76)(H,67,77)(H,68,75)(H4,57,58,62)/t33-,39-,40-,41-,42-,43-,46-/m0/s1. The van der Waals surface area contributed by atoms with Crippen LogP contribution in [-0.2, 0) is 46.5 Å². The zero-order valence-corrected chi connectivity index (χ0v) is 46.5. The summed E-state index contributed by atoms with van der Waals surface area (Å²) in [6.07, 6.45) is 5.45. The van der Waals surface area contributed by atoms with Crippen molar-refractivity contribution in [3.05, 3.63) is 64.7 Å². The predicted molar refractivity (Wildman–Crippen MR) is 305 cm³/mol. The van der Waals surface area contributed by atoms with E-state index in [4.69, 9.17) is 22.6 Å². The molecule has 0 radical (unpaired) electrons. The molecule has 0 unspecified atom stereocenters. The Balaban J connectivity index is 1.32. The highest BCUT2D eigenvalue weighted by atomic mass is 16.3. The number of rotatable bonds is 30. The van der Waals surface area contributed by atoms with Gasteiger partial charge in [0.25, 0.3) is 5.56 Å². The number of aromatic nitrogens is 2. The maximum absolute atomic E-state index is 14.4. The molecule has 7 atom stereocenters. The maximum Gasteiger partial charge on any atom is 0.261 e. The number of unbranched alkanes of at least 4 members (excludes halogenated alkanes) is 1. The molecule has 436 valence electrons. The number of phenolic OH excluding ortho intramolecular Hbond substituents is 1. The normalized spacial score (nSPS) is 15.8. The molecule has 0 aliphatic carbocycles. The molecule has 5 rings (SSSR count). The number of carbonyl (C=O) groups excluding carboxylic acids is 7. The molecule has 3 aromatic rings. The van der Waals surface area contributed by atoms with E-state index in [1.54, 1.807) is 29.2 Å². The van der Waals surface area contributed by atoms with Crippen LogP contribution in [0.5, 0.6) is 5.75 Å². The second-order valence-corrected chi connectivity index (χ2v) is 20.6. The van der Waals surface area contributed by atoms with Gasteiger partial charge in [-0.05, 0) is 92.8 Å². The van der Waals surface area contributed by atoms with Crippen LogP contribution in [0.2, 0.25) is 0 Å². The lowest BCUT2D eigenvalue weighted by atomic mass is 9.98. The molecule has 2 aliphatic rings. The summed E-state index contributed by atoms with van der Waals surface area (Å²) in [6.45, 7) is 9.46. The molecule has 1 aromatic heterocycles. The second-order valence-electron chi connectivity index (χ2n) is 20.6. The fourth-order valence-electron chi connectivity index (χ4n) is 9.20. The molecule has 0 spiro atoms. The topological polar surface area (TPSA) is 392 Å². The van der Waals surface area contributed by atoms with Gasteiger partial charge in [-0.3, -0.25) is 53.3 Å². The molecule has 3 heterocycles. The summed E-state index contributed by atoms with van der Waals surface area (Å²) >= 11 is 0. The van der Waals surface area contributed by atoms with Crippen molar-refractivity contribution < 1.29 is 38.7 Å². The highest BCUT2D eigenvalue weighted by Gasteiger charge is 2.34. The highest BCUT2D eigenvalue weighted by Crippen LogP contribution is 2.22. The van der Waals surface area contributed by atoms with Gasteiger partial charge in [-0.15, -0.1) is 0 Å². The third-order valence-corrected chi connectivity index (χ3v) is 14.0. The number of nitrogens with two attached hydrogens (primary N) is 3. The van der Waals surface area contributed by atoms with E-state index in [9.17, 15) is 43.5 Å². The number of hydrogen-bond acceptors (Lipinski definition) is 16. The second kappa shape index (κ2) is 31.0. The molecule has 1 fully saturated rings. The summed E-state index contributed by atoms with van der Waals surface area (Å²) in [7, 11) is 1.45. The van der Waals surface area contributed by atoms with Crippen LogP contribution in [0.15, 0.2) is 63.6 Å². The van der Waals surface area contributed by atoms with Gasteiger partial charge in [0.15, 0.2) is 5.96 Å². The largest absolute Gasteiger partial charge is 0.508 e. The first-order chi connectivity index (χ1) is 38.2. The van der Waals surface area contributed by atoms with E-state index in [1.807, 2.05) is 38.7 Å². The molecule has 0 saturated carbocycles. The number of nitrogens with zero attached hydrogens (tertiary/aromatic N) is 6. The van der Waals surface area contributed by atoms with Crippen molar-refractivity contribution >= 4 is 76.0 Å². The SMILES string of the molecule is CC[C@H](C)[C@H](N)C(=O)N[C@@H](CCCCN)C(=O)N1CCN(c2ccc3ncn(CC(=O)N[C@@H](CCCNC(=N)N)C(=O)N[C@@H](CC4=NCC=N4)C(=O)N[C@@H](Cc4ccc(O)cc4)C(=O)N[C@@H](CC(C)C)C(=O)NC)c(=O)c3c2)CC1. The van der Waals surface area contributed by atoms with Gasteiger partial charge in [0, 0.05) is 64.5 Å². The van der Waals surface area contributed by atoms with Crippen LogP contribution >= 0.6 is 0 Å². The maximum atomic E-state index is 14.4. The number of guanidine groups is 1. The third kappa shape index (κ3) is 18.8. The van der Waals surface area contributed by atoms with E-state index >= 15 is 0 Å². The fourth-order valence-corrected chi connectivity index (χ4v) is 9.20. The minimum atomic E-state index is -1.40. The molecule has 15 N–H and O–H groups in total. The van der Waals surface area contributed by atoms with Crippen molar-refractivity contribution in [2.75, 3.05) is 57.8 Å². The fraction of sp³-hybridized carbons (Fsp3) is 0.556. The van der Waals surface area contributed by atoms with E-state index in [-0.39, 0.29) is 85.4 Å². The lowest BCUT2D eigenvalue weighted by Crippen LogP contribution is -2.59. The van der Waals surface area contributed by atoms with Crippen molar-refractivity contribution in [3.63, 3.8) is 0 Å². The Morgan fingerprint density at radius 1 is 0.775 bits per heavy atom. The minimum Gasteiger partial charge on any atom is -0.508 e. The molecule has 2 aliphatic heterocycles. The molecule has 26 nitrogen and oxygen atoms in total. The number of nitrogens with one attached hydrogen (secondary N) is 8. The van der Waals surface area contributed by atoms with Crippen LogP contribution in [-0.4, -0.2) is 168 Å². The molecular formula is C54H81N17O9. The van der Waals surface area contributed by atoms with Crippen molar-refractivity contribution in [1.29, 1.82) is 5.41 Å². The summed E-state index contributed by atoms with van der Waals surface area (Å²) in [6, 6.07) is 4.78. The van der Waals surface area contributed by atoms with Gasteiger partial charge in [-0.2, -0.15) is 0 Å². The van der Waals surface area contributed by atoms with Crippen LogP contribution in [0.25, 0.3) is 10.9 Å². The Kier molecular flexibility index (Phi) is 24.3. The number of aliphatic imine (C=N–C) groups is 2. The molecule has 7 amide bonds. The molecule has 0 bridgehead atoms. The Bertz CT molecular complexity index is 2760. The number of carbonyl (C=O) groups is 7. The summed E-state index contributed by atoms with van der Waals surface area (Å²) in [4.78, 5) is 127. The summed E-state index contributed by atoms with van der Waals surface area (Å²) in [5.74, 6) is -4.18. The van der Waals surface area contributed by atoms with Crippen LogP contribution in [0.1, 0.15) is 84.6 Å².